The van der Waals surface area contributed by atoms with Crippen LogP contribution in [0.15, 0.2) is 48.8 Å². The topological polar surface area (TPSA) is 107 Å². The molecule has 2 aromatic carbocycles. The van der Waals surface area contributed by atoms with Crippen LogP contribution in [-0.4, -0.2) is 45.0 Å². The normalized spacial score (nSPS) is 11.8. The number of nitrogens with one attached hydrogen (secondary N) is 3. The average molecular weight is 467 g/mol. The van der Waals surface area contributed by atoms with E-state index in [0.717, 1.165) is 33.6 Å². The van der Waals surface area contributed by atoms with Gasteiger partial charge in [-0.05, 0) is 66.7 Å². The van der Waals surface area contributed by atoms with Crippen molar-refractivity contribution in [3.05, 3.63) is 76.9 Å². The molecule has 0 saturated heterocycles. The van der Waals surface area contributed by atoms with E-state index in [0.29, 0.717) is 30.8 Å². The number of H-pyrrole nitrogens is 1. The first-order chi connectivity index (χ1) is 15.9. The lowest BCUT2D eigenvalue weighted by Gasteiger charge is -2.18. The fraction of sp³-hybridized carbons (Fsp3) is 0.320. The van der Waals surface area contributed by atoms with Crippen LogP contribution < -0.4 is 10.6 Å². The van der Waals surface area contributed by atoms with E-state index >= 15 is 0 Å². The molecule has 0 radical (unpaired) electrons. The number of amides is 1. The molecule has 33 heavy (non-hydrogen) atoms. The summed E-state index contributed by atoms with van der Waals surface area (Å²) in [5.41, 5.74) is 6.26. The second-order valence-corrected chi connectivity index (χ2v) is 8.90. The molecule has 3 rings (SSSR count). The van der Waals surface area contributed by atoms with Gasteiger partial charge in [0.25, 0.3) is 5.91 Å². The average Bonchev–Trinajstić information content (AvgIpc) is 3.21. The molecule has 1 amide bonds. The molecule has 0 aliphatic heterocycles. The summed E-state index contributed by atoms with van der Waals surface area (Å²) >= 11 is 1.55. The number of carbonyl (C=O) groups excluding carboxylic acids is 1. The maximum Gasteiger partial charge on any atom is 0.326 e. The van der Waals surface area contributed by atoms with Gasteiger partial charge in [0.1, 0.15) is 6.04 Å². The first kappa shape index (κ1) is 24.5. The van der Waals surface area contributed by atoms with E-state index < -0.39 is 12.0 Å². The highest BCUT2D eigenvalue weighted by atomic mass is 32.2. The number of aliphatic carboxylic acids is 1. The number of carbonyl (C=O) groups is 2. The van der Waals surface area contributed by atoms with Gasteiger partial charge in [0.2, 0.25) is 0 Å². The molecule has 0 aliphatic rings. The van der Waals surface area contributed by atoms with Crippen molar-refractivity contribution in [3.8, 4) is 11.1 Å². The van der Waals surface area contributed by atoms with Gasteiger partial charge in [-0.3, -0.25) is 4.79 Å². The molecule has 0 saturated carbocycles. The Hall–Kier alpha value is -3.10. The molecule has 0 aliphatic carbocycles. The number of nitrogens with zero attached hydrogens (tertiary/aromatic N) is 1. The molecule has 0 bridgehead atoms. The van der Waals surface area contributed by atoms with Crippen molar-refractivity contribution in [2.24, 2.45) is 0 Å². The summed E-state index contributed by atoms with van der Waals surface area (Å²) in [5.74, 6) is -0.750. The zero-order valence-electron chi connectivity index (χ0n) is 19.1. The summed E-state index contributed by atoms with van der Waals surface area (Å²) in [7, 11) is 0. The number of aryl methyl sites for hydroxylation is 2. The Balaban J connectivity index is 1.86. The Morgan fingerprint density at radius 2 is 1.91 bits per heavy atom. The molecule has 4 N–H and O–H groups in total. The zero-order valence-corrected chi connectivity index (χ0v) is 20.0. The summed E-state index contributed by atoms with van der Waals surface area (Å²) in [5, 5.41) is 15.6. The maximum atomic E-state index is 13.1. The monoisotopic (exact) mass is 466 g/mol. The van der Waals surface area contributed by atoms with E-state index in [-0.39, 0.29) is 5.91 Å². The number of rotatable bonds is 11. The molecule has 1 atom stereocenters. The van der Waals surface area contributed by atoms with Gasteiger partial charge in [-0.25, -0.2) is 9.78 Å². The number of carboxylic acids is 1. The van der Waals surface area contributed by atoms with Crippen molar-refractivity contribution < 1.29 is 14.7 Å². The Morgan fingerprint density at radius 1 is 1.12 bits per heavy atom. The predicted octanol–water partition coefficient (Wildman–Crippen LogP) is 3.92. The van der Waals surface area contributed by atoms with Crippen LogP contribution in [0.2, 0.25) is 0 Å². The standard InChI is InChI=1S/C25H30N4O3S/c1-16-6-4-5-7-19(16)21-12-18(13-26-14-23-17(2)27-15-28-23)8-9-20(21)24(30)29-22(25(31)32)10-11-33-3/h4-9,12,15,22,26H,10-11,13-14H2,1-3H3,(H,27,28)(H,29,30)(H,31,32)/t22-/m0/s1. The molecule has 1 heterocycles. The molecule has 0 unspecified atom stereocenters. The quantitative estimate of drug-likeness (QED) is 0.341. The van der Waals surface area contributed by atoms with Crippen LogP contribution in [0.3, 0.4) is 0 Å². The molecule has 8 heteroatoms. The van der Waals surface area contributed by atoms with Crippen molar-refractivity contribution in [2.75, 3.05) is 12.0 Å². The first-order valence-electron chi connectivity index (χ1n) is 10.8. The Kier molecular flexibility index (Phi) is 8.68. The summed E-state index contributed by atoms with van der Waals surface area (Å²) < 4.78 is 0. The van der Waals surface area contributed by atoms with Crippen LogP contribution in [0.4, 0.5) is 0 Å². The fourth-order valence-electron chi connectivity index (χ4n) is 3.62. The molecule has 174 valence electrons. The third-order valence-corrected chi connectivity index (χ3v) is 6.18. The number of thioether (sulfide) groups is 1. The minimum atomic E-state index is -1.02. The zero-order chi connectivity index (χ0) is 23.8. The number of aromatic amines is 1. The van der Waals surface area contributed by atoms with E-state index in [1.54, 1.807) is 24.2 Å². The van der Waals surface area contributed by atoms with Crippen LogP contribution in [0.1, 0.15) is 39.3 Å². The highest BCUT2D eigenvalue weighted by molar-refractivity contribution is 7.98. The number of benzene rings is 2. The highest BCUT2D eigenvalue weighted by Crippen LogP contribution is 2.28. The molecule has 0 fully saturated rings. The van der Waals surface area contributed by atoms with Crippen molar-refractivity contribution >= 4 is 23.6 Å². The van der Waals surface area contributed by atoms with Gasteiger partial charge < -0.3 is 20.7 Å². The summed E-state index contributed by atoms with van der Waals surface area (Å²) in [6, 6.07) is 12.6. The van der Waals surface area contributed by atoms with Gasteiger partial charge in [0.05, 0.1) is 12.0 Å². The summed E-state index contributed by atoms with van der Waals surface area (Å²) in [4.78, 5) is 32.1. The van der Waals surface area contributed by atoms with E-state index in [4.69, 9.17) is 0 Å². The van der Waals surface area contributed by atoms with Crippen LogP contribution in [-0.2, 0) is 17.9 Å². The van der Waals surface area contributed by atoms with Crippen LogP contribution in [0.5, 0.6) is 0 Å². The predicted molar refractivity (Wildman–Crippen MR) is 132 cm³/mol. The van der Waals surface area contributed by atoms with Gasteiger partial charge in [-0.1, -0.05) is 30.3 Å². The van der Waals surface area contributed by atoms with Crippen molar-refractivity contribution in [3.63, 3.8) is 0 Å². The van der Waals surface area contributed by atoms with Crippen molar-refractivity contribution in [2.45, 2.75) is 39.4 Å². The number of imidazole rings is 1. The first-order valence-corrected chi connectivity index (χ1v) is 12.2. The van der Waals surface area contributed by atoms with Crippen LogP contribution in [0.25, 0.3) is 11.1 Å². The summed E-state index contributed by atoms with van der Waals surface area (Å²) in [6.07, 6.45) is 3.97. The van der Waals surface area contributed by atoms with Crippen molar-refractivity contribution in [1.82, 2.24) is 20.6 Å². The van der Waals surface area contributed by atoms with Crippen LogP contribution >= 0.6 is 11.8 Å². The molecule has 3 aromatic rings. The van der Waals surface area contributed by atoms with Gasteiger partial charge in [-0.15, -0.1) is 0 Å². The second-order valence-electron chi connectivity index (χ2n) is 7.92. The third kappa shape index (κ3) is 6.46. The van der Waals surface area contributed by atoms with Gasteiger partial charge in [0.15, 0.2) is 0 Å². The van der Waals surface area contributed by atoms with Crippen LogP contribution in [0, 0.1) is 13.8 Å². The SMILES string of the molecule is CSCC[C@H](NC(=O)c1ccc(CNCc2nc[nH]c2C)cc1-c1ccccc1C)C(=O)O. The van der Waals surface area contributed by atoms with Gasteiger partial charge in [0, 0.05) is 24.3 Å². The van der Waals surface area contributed by atoms with Crippen molar-refractivity contribution in [1.29, 1.82) is 0 Å². The smallest absolute Gasteiger partial charge is 0.326 e. The Morgan fingerprint density at radius 3 is 2.58 bits per heavy atom. The Labute approximate surface area is 198 Å². The lowest BCUT2D eigenvalue weighted by molar-refractivity contribution is -0.139. The second kappa shape index (κ2) is 11.7. The van der Waals surface area contributed by atoms with Gasteiger partial charge in [-0.2, -0.15) is 11.8 Å². The fourth-order valence-corrected chi connectivity index (χ4v) is 4.09. The number of hydrogen-bond donors (Lipinski definition) is 4. The molecule has 7 nitrogen and oxygen atoms in total. The molecule has 0 spiro atoms. The summed E-state index contributed by atoms with van der Waals surface area (Å²) in [6.45, 7) is 5.23. The van der Waals surface area contributed by atoms with E-state index in [2.05, 4.69) is 20.6 Å². The minimum Gasteiger partial charge on any atom is -0.480 e. The molecular formula is C25H30N4O3S. The third-order valence-electron chi connectivity index (χ3n) is 5.53. The Bertz CT molecular complexity index is 1110. The van der Waals surface area contributed by atoms with E-state index in [9.17, 15) is 14.7 Å². The van der Waals surface area contributed by atoms with E-state index in [1.165, 1.54) is 0 Å². The molecule has 1 aromatic heterocycles. The lowest BCUT2D eigenvalue weighted by Crippen LogP contribution is -2.41. The highest BCUT2D eigenvalue weighted by Gasteiger charge is 2.22. The van der Waals surface area contributed by atoms with E-state index in [1.807, 2.05) is 56.5 Å². The number of hydrogen-bond acceptors (Lipinski definition) is 5. The lowest BCUT2D eigenvalue weighted by atomic mass is 9.93. The molecular weight excluding hydrogens is 436 g/mol. The van der Waals surface area contributed by atoms with Gasteiger partial charge >= 0.3 is 5.97 Å². The maximum absolute atomic E-state index is 13.1. The number of carboxylic acid groups (broad SMARTS) is 1. The number of aromatic nitrogens is 2. The largest absolute Gasteiger partial charge is 0.480 e. The minimum absolute atomic E-state index is 0.372.